The lowest BCUT2D eigenvalue weighted by Crippen LogP contribution is -2.08. The largest absolute Gasteiger partial charge is 0.465 e. The number of carbonyl (C=O) groups excluding carboxylic acids is 2. The third-order valence-electron chi connectivity index (χ3n) is 5.37. The molecule has 0 N–H and O–H groups in total. The van der Waals surface area contributed by atoms with Crippen molar-refractivity contribution in [2.75, 3.05) is 7.11 Å². The molecule has 1 heterocycles. The summed E-state index contributed by atoms with van der Waals surface area (Å²) in [6.07, 6.45) is 4.61. The molecule has 0 spiro atoms. The van der Waals surface area contributed by atoms with Gasteiger partial charge in [0, 0.05) is 22.4 Å². The number of hydrogen-bond donors (Lipinski definition) is 0. The zero-order valence-corrected chi connectivity index (χ0v) is 18.9. The number of ketones is 1. The highest BCUT2D eigenvalue weighted by molar-refractivity contribution is 6.31. The average molecular weight is 456 g/mol. The van der Waals surface area contributed by atoms with Crippen LogP contribution in [-0.4, -0.2) is 23.8 Å². The van der Waals surface area contributed by atoms with Gasteiger partial charge in [0.15, 0.2) is 5.78 Å². The van der Waals surface area contributed by atoms with Crippen LogP contribution in [0.1, 0.15) is 44.0 Å². The summed E-state index contributed by atoms with van der Waals surface area (Å²) < 4.78 is 4.83. The summed E-state index contributed by atoms with van der Waals surface area (Å²) in [6.45, 7) is 0. The van der Waals surface area contributed by atoms with Gasteiger partial charge in [0.05, 0.1) is 23.9 Å². The van der Waals surface area contributed by atoms with E-state index >= 15 is 0 Å². The highest BCUT2D eigenvalue weighted by Crippen LogP contribution is 2.20. The Morgan fingerprint density at radius 1 is 0.939 bits per heavy atom. The maximum absolute atomic E-state index is 12.8. The number of benzene rings is 3. The minimum Gasteiger partial charge on any atom is -0.465 e. The van der Waals surface area contributed by atoms with Crippen LogP contribution in [0.2, 0.25) is 5.02 Å². The van der Waals surface area contributed by atoms with Crippen LogP contribution in [-0.2, 0) is 11.2 Å². The van der Waals surface area contributed by atoms with E-state index in [1.807, 2.05) is 78.9 Å². The first kappa shape index (κ1) is 22.4. The number of halogens is 1. The summed E-state index contributed by atoms with van der Waals surface area (Å²) in [5, 5.41) is 1.68. The first-order valence-electron chi connectivity index (χ1n) is 10.6. The molecule has 0 saturated carbocycles. The number of pyridine rings is 1. The lowest BCUT2D eigenvalue weighted by molar-refractivity contribution is 0.0599. The van der Waals surface area contributed by atoms with Crippen LogP contribution in [0, 0.1) is 0 Å². The molecule has 0 aliphatic carbocycles. The summed E-state index contributed by atoms with van der Waals surface area (Å²) in [7, 11) is 1.35. The SMILES string of the molecule is COC(=O)c1ccccc1CCC(=O)c1cccc(C=Cc2ccc3ccc(Cl)cc3n2)c1. The third-order valence-corrected chi connectivity index (χ3v) is 5.61. The quantitative estimate of drug-likeness (QED) is 0.231. The van der Waals surface area contributed by atoms with Crippen LogP contribution in [0.4, 0.5) is 0 Å². The molecule has 164 valence electrons. The van der Waals surface area contributed by atoms with E-state index in [-0.39, 0.29) is 5.78 Å². The van der Waals surface area contributed by atoms with Gasteiger partial charge in [0.2, 0.25) is 0 Å². The predicted octanol–water partition coefficient (Wildman–Crippen LogP) is 6.66. The number of aromatic nitrogens is 1. The van der Waals surface area contributed by atoms with E-state index in [0.717, 1.165) is 27.7 Å². The summed E-state index contributed by atoms with van der Waals surface area (Å²) in [5.74, 6) is -0.377. The summed E-state index contributed by atoms with van der Waals surface area (Å²) in [6, 6.07) is 24.3. The Morgan fingerprint density at radius 3 is 2.61 bits per heavy atom. The fraction of sp³-hybridized carbons (Fsp3) is 0.107. The van der Waals surface area contributed by atoms with Crippen molar-refractivity contribution in [3.05, 3.63) is 112 Å². The number of fused-ring (bicyclic) bond motifs is 1. The Morgan fingerprint density at radius 2 is 1.76 bits per heavy atom. The molecule has 0 atom stereocenters. The minimum atomic E-state index is -0.394. The molecule has 0 saturated heterocycles. The summed E-state index contributed by atoms with van der Waals surface area (Å²) >= 11 is 6.07. The van der Waals surface area contributed by atoms with Crippen molar-refractivity contribution in [2.45, 2.75) is 12.8 Å². The van der Waals surface area contributed by atoms with Gasteiger partial charge in [-0.1, -0.05) is 66.2 Å². The minimum absolute atomic E-state index is 0.0170. The number of nitrogens with zero attached hydrogens (tertiary/aromatic N) is 1. The van der Waals surface area contributed by atoms with E-state index < -0.39 is 5.97 Å². The number of Topliss-reactive ketones (excluding diaryl/α,β-unsaturated/α-hetero) is 1. The molecule has 3 aromatic carbocycles. The van der Waals surface area contributed by atoms with Gasteiger partial charge in [-0.3, -0.25) is 4.79 Å². The number of hydrogen-bond acceptors (Lipinski definition) is 4. The molecular weight excluding hydrogens is 434 g/mol. The molecule has 0 amide bonds. The molecule has 0 bridgehead atoms. The fourth-order valence-electron chi connectivity index (χ4n) is 3.64. The topological polar surface area (TPSA) is 56.3 Å². The Kier molecular flexibility index (Phi) is 6.96. The molecule has 5 heteroatoms. The number of rotatable bonds is 7. The lowest BCUT2D eigenvalue weighted by atomic mass is 9.98. The molecule has 33 heavy (non-hydrogen) atoms. The molecule has 4 aromatic rings. The van der Waals surface area contributed by atoms with E-state index in [2.05, 4.69) is 4.98 Å². The maximum atomic E-state index is 12.8. The van der Waals surface area contributed by atoms with Crippen molar-refractivity contribution in [3.63, 3.8) is 0 Å². The number of ether oxygens (including phenoxy) is 1. The molecule has 4 nitrogen and oxygen atoms in total. The van der Waals surface area contributed by atoms with E-state index in [0.29, 0.717) is 29.0 Å². The highest BCUT2D eigenvalue weighted by atomic mass is 35.5. The van der Waals surface area contributed by atoms with E-state index in [1.54, 1.807) is 12.1 Å². The van der Waals surface area contributed by atoms with Crippen molar-refractivity contribution in [3.8, 4) is 0 Å². The van der Waals surface area contributed by atoms with E-state index in [4.69, 9.17) is 16.3 Å². The summed E-state index contributed by atoms with van der Waals surface area (Å²) in [5.41, 5.74) is 4.47. The number of aryl methyl sites for hydroxylation is 1. The monoisotopic (exact) mass is 455 g/mol. The number of methoxy groups -OCH3 is 1. The third kappa shape index (κ3) is 5.54. The van der Waals surface area contributed by atoms with Gasteiger partial charge in [-0.05, 0) is 54.0 Å². The second-order valence-electron chi connectivity index (χ2n) is 7.60. The van der Waals surface area contributed by atoms with Crippen molar-refractivity contribution in [1.29, 1.82) is 0 Å². The Hall–Kier alpha value is -3.76. The maximum Gasteiger partial charge on any atom is 0.338 e. The Labute approximate surface area is 197 Å². The Balaban J connectivity index is 1.47. The van der Waals surface area contributed by atoms with Crippen LogP contribution >= 0.6 is 11.6 Å². The molecule has 0 aliphatic heterocycles. The molecule has 4 rings (SSSR count). The lowest BCUT2D eigenvalue weighted by Gasteiger charge is -2.07. The van der Waals surface area contributed by atoms with Crippen LogP contribution in [0.3, 0.4) is 0 Å². The standard InChI is InChI=1S/C28H22ClNO3/c1-33-28(32)25-8-3-2-6-20(25)12-16-27(31)22-7-4-5-19(17-22)9-14-24-15-11-21-10-13-23(29)18-26(21)30-24/h2-11,13-15,17-18H,12,16H2,1H3. The normalized spacial score (nSPS) is 11.1. The number of carbonyl (C=O) groups is 2. The smallest absolute Gasteiger partial charge is 0.338 e. The number of esters is 1. The summed E-state index contributed by atoms with van der Waals surface area (Å²) in [4.78, 5) is 29.4. The zero-order valence-electron chi connectivity index (χ0n) is 18.1. The second-order valence-corrected chi connectivity index (χ2v) is 8.04. The van der Waals surface area contributed by atoms with Crippen LogP contribution in [0.15, 0.2) is 78.9 Å². The molecule has 0 fully saturated rings. The second kappa shape index (κ2) is 10.2. The molecule has 0 unspecified atom stereocenters. The van der Waals surface area contributed by atoms with Crippen LogP contribution < -0.4 is 0 Å². The van der Waals surface area contributed by atoms with Crippen molar-refractivity contribution in [2.24, 2.45) is 0 Å². The van der Waals surface area contributed by atoms with Crippen molar-refractivity contribution >= 4 is 46.4 Å². The van der Waals surface area contributed by atoms with E-state index in [1.165, 1.54) is 7.11 Å². The predicted molar refractivity (Wildman–Crippen MR) is 133 cm³/mol. The van der Waals surface area contributed by atoms with Gasteiger partial charge in [-0.15, -0.1) is 0 Å². The van der Waals surface area contributed by atoms with Crippen LogP contribution in [0.25, 0.3) is 23.1 Å². The van der Waals surface area contributed by atoms with Gasteiger partial charge in [0.25, 0.3) is 0 Å². The average Bonchev–Trinajstić information content (AvgIpc) is 2.85. The van der Waals surface area contributed by atoms with Gasteiger partial charge in [-0.25, -0.2) is 9.78 Å². The fourth-order valence-corrected chi connectivity index (χ4v) is 3.80. The Bertz CT molecular complexity index is 1360. The molecular formula is C28H22ClNO3. The molecule has 0 aliphatic rings. The highest BCUT2D eigenvalue weighted by Gasteiger charge is 2.13. The van der Waals surface area contributed by atoms with Crippen LogP contribution in [0.5, 0.6) is 0 Å². The molecule has 0 radical (unpaired) electrons. The van der Waals surface area contributed by atoms with Gasteiger partial charge in [0.1, 0.15) is 0 Å². The van der Waals surface area contributed by atoms with Crippen molar-refractivity contribution < 1.29 is 14.3 Å². The van der Waals surface area contributed by atoms with Gasteiger partial charge in [-0.2, -0.15) is 0 Å². The van der Waals surface area contributed by atoms with E-state index in [9.17, 15) is 9.59 Å². The molecule has 1 aromatic heterocycles. The van der Waals surface area contributed by atoms with Gasteiger partial charge < -0.3 is 4.74 Å². The first-order valence-corrected chi connectivity index (χ1v) is 11.0. The van der Waals surface area contributed by atoms with Crippen molar-refractivity contribution in [1.82, 2.24) is 4.98 Å². The zero-order chi connectivity index (χ0) is 23.2. The van der Waals surface area contributed by atoms with Gasteiger partial charge >= 0.3 is 5.97 Å². The first-order chi connectivity index (χ1) is 16.0.